The van der Waals surface area contributed by atoms with E-state index in [1.165, 1.54) is 32.1 Å². The predicted octanol–water partition coefficient (Wildman–Crippen LogP) is 2.47. The first kappa shape index (κ1) is 12.1. The monoisotopic (exact) mass is 234 g/mol. The molecule has 0 saturated carbocycles. The summed E-state index contributed by atoms with van der Waals surface area (Å²) in [4.78, 5) is 10.9. The molecule has 0 spiro atoms. The molecule has 2 rings (SSSR count). The Bertz CT molecular complexity index is 336. The van der Waals surface area contributed by atoms with Crippen LogP contribution in [0.2, 0.25) is 0 Å². The zero-order valence-electron chi connectivity index (χ0n) is 10.6. The molecule has 0 amide bonds. The van der Waals surface area contributed by atoms with Gasteiger partial charge in [0, 0.05) is 13.1 Å². The number of nitrogens with zero attached hydrogens (tertiary/aromatic N) is 3. The van der Waals surface area contributed by atoms with E-state index in [4.69, 9.17) is 5.73 Å². The second-order valence-electron chi connectivity index (χ2n) is 4.89. The van der Waals surface area contributed by atoms with E-state index in [1.807, 2.05) is 0 Å². The van der Waals surface area contributed by atoms with Crippen LogP contribution in [0.15, 0.2) is 12.4 Å². The maximum absolute atomic E-state index is 5.61. The van der Waals surface area contributed by atoms with Crippen LogP contribution in [0.1, 0.15) is 39.0 Å². The van der Waals surface area contributed by atoms with Gasteiger partial charge in [0.25, 0.3) is 0 Å². The molecule has 1 atom stereocenters. The van der Waals surface area contributed by atoms with Crippen molar-refractivity contribution in [1.29, 1.82) is 0 Å². The third kappa shape index (κ3) is 3.32. The fourth-order valence-corrected chi connectivity index (χ4v) is 2.56. The van der Waals surface area contributed by atoms with E-state index in [9.17, 15) is 0 Å². The number of aromatic nitrogens is 2. The van der Waals surface area contributed by atoms with Gasteiger partial charge in [-0.25, -0.2) is 9.97 Å². The molecule has 1 aliphatic rings. The normalized spacial score (nSPS) is 21.2. The van der Waals surface area contributed by atoms with Gasteiger partial charge in [-0.1, -0.05) is 19.8 Å². The molecule has 1 aromatic rings. The topological polar surface area (TPSA) is 55.0 Å². The van der Waals surface area contributed by atoms with Crippen LogP contribution in [0.5, 0.6) is 0 Å². The van der Waals surface area contributed by atoms with Gasteiger partial charge in [0.1, 0.15) is 0 Å². The number of anilines is 2. The Balaban J connectivity index is 1.96. The maximum atomic E-state index is 5.61. The second-order valence-corrected chi connectivity index (χ2v) is 4.89. The van der Waals surface area contributed by atoms with Gasteiger partial charge >= 0.3 is 0 Å². The molecule has 4 nitrogen and oxygen atoms in total. The molecule has 2 heterocycles. The molecule has 1 unspecified atom stereocenters. The molecule has 1 fully saturated rings. The van der Waals surface area contributed by atoms with Gasteiger partial charge in [0.15, 0.2) is 0 Å². The maximum Gasteiger partial charge on any atom is 0.225 e. The SMILES string of the molecule is CCCC1CCCN(c2ncc(N)cn2)CC1. The van der Waals surface area contributed by atoms with E-state index in [1.54, 1.807) is 12.4 Å². The highest BCUT2D eigenvalue weighted by molar-refractivity contribution is 5.37. The van der Waals surface area contributed by atoms with E-state index < -0.39 is 0 Å². The fourth-order valence-electron chi connectivity index (χ4n) is 2.56. The van der Waals surface area contributed by atoms with Crippen molar-refractivity contribution in [2.45, 2.75) is 39.0 Å². The van der Waals surface area contributed by atoms with Crippen LogP contribution >= 0.6 is 0 Å². The minimum atomic E-state index is 0.632. The average Bonchev–Trinajstić information content (AvgIpc) is 2.56. The van der Waals surface area contributed by atoms with E-state index in [0.29, 0.717) is 5.69 Å². The summed E-state index contributed by atoms with van der Waals surface area (Å²) in [6.07, 6.45) is 9.90. The number of rotatable bonds is 3. The molecule has 1 saturated heterocycles. The first-order valence-corrected chi connectivity index (χ1v) is 6.62. The molecule has 0 radical (unpaired) electrons. The lowest BCUT2D eigenvalue weighted by atomic mass is 9.96. The van der Waals surface area contributed by atoms with Crippen molar-refractivity contribution in [3.8, 4) is 0 Å². The number of hydrogen-bond acceptors (Lipinski definition) is 4. The Morgan fingerprint density at radius 2 is 2.06 bits per heavy atom. The van der Waals surface area contributed by atoms with Crippen molar-refractivity contribution in [2.24, 2.45) is 5.92 Å². The van der Waals surface area contributed by atoms with Crippen molar-refractivity contribution in [2.75, 3.05) is 23.7 Å². The first-order chi connectivity index (χ1) is 8.29. The average molecular weight is 234 g/mol. The Morgan fingerprint density at radius 3 is 2.76 bits per heavy atom. The minimum Gasteiger partial charge on any atom is -0.396 e. The van der Waals surface area contributed by atoms with E-state index >= 15 is 0 Å². The highest BCUT2D eigenvalue weighted by Crippen LogP contribution is 2.23. The molecule has 0 aliphatic carbocycles. The lowest BCUT2D eigenvalue weighted by molar-refractivity contribution is 0.435. The summed E-state index contributed by atoms with van der Waals surface area (Å²) < 4.78 is 0. The Morgan fingerprint density at radius 1 is 1.29 bits per heavy atom. The standard InChI is InChI=1S/C13H22N4/c1-2-4-11-5-3-7-17(8-6-11)13-15-9-12(14)10-16-13/h9-11H,2-8,14H2,1H3. The number of hydrogen-bond donors (Lipinski definition) is 1. The van der Waals surface area contributed by atoms with Crippen LogP contribution in [-0.2, 0) is 0 Å². The molecule has 17 heavy (non-hydrogen) atoms. The summed E-state index contributed by atoms with van der Waals surface area (Å²) in [5.74, 6) is 1.72. The second kappa shape index (κ2) is 5.84. The molecule has 2 N–H and O–H groups in total. The zero-order valence-corrected chi connectivity index (χ0v) is 10.6. The molecular weight excluding hydrogens is 212 g/mol. The van der Waals surface area contributed by atoms with Gasteiger partial charge < -0.3 is 10.6 Å². The van der Waals surface area contributed by atoms with Crippen LogP contribution in [0.4, 0.5) is 11.6 Å². The molecule has 4 heteroatoms. The van der Waals surface area contributed by atoms with Crippen LogP contribution in [-0.4, -0.2) is 23.1 Å². The van der Waals surface area contributed by atoms with Gasteiger partial charge in [0.2, 0.25) is 5.95 Å². The highest BCUT2D eigenvalue weighted by Gasteiger charge is 2.17. The van der Waals surface area contributed by atoms with Crippen LogP contribution in [0.25, 0.3) is 0 Å². The Kier molecular flexibility index (Phi) is 4.18. The van der Waals surface area contributed by atoms with E-state index in [2.05, 4.69) is 21.8 Å². The van der Waals surface area contributed by atoms with Crippen molar-refractivity contribution in [3.63, 3.8) is 0 Å². The van der Waals surface area contributed by atoms with Gasteiger partial charge in [-0.3, -0.25) is 0 Å². The molecule has 1 aromatic heterocycles. The van der Waals surface area contributed by atoms with Crippen molar-refractivity contribution in [1.82, 2.24) is 9.97 Å². The smallest absolute Gasteiger partial charge is 0.225 e. The van der Waals surface area contributed by atoms with Crippen LogP contribution in [0, 0.1) is 5.92 Å². The van der Waals surface area contributed by atoms with Crippen molar-refractivity contribution in [3.05, 3.63) is 12.4 Å². The van der Waals surface area contributed by atoms with Gasteiger partial charge in [-0.05, 0) is 25.2 Å². The highest BCUT2D eigenvalue weighted by atomic mass is 15.2. The van der Waals surface area contributed by atoms with Crippen molar-refractivity contribution < 1.29 is 0 Å². The van der Waals surface area contributed by atoms with E-state index in [-0.39, 0.29) is 0 Å². The Hall–Kier alpha value is -1.32. The molecule has 0 aromatic carbocycles. The number of nitrogens with two attached hydrogens (primary N) is 1. The van der Waals surface area contributed by atoms with E-state index in [0.717, 1.165) is 25.0 Å². The summed E-state index contributed by atoms with van der Waals surface area (Å²) in [5.41, 5.74) is 6.24. The molecule has 1 aliphatic heterocycles. The lowest BCUT2D eigenvalue weighted by Crippen LogP contribution is -2.26. The van der Waals surface area contributed by atoms with Crippen LogP contribution < -0.4 is 10.6 Å². The third-order valence-corrected chi connectivity index (χ3v) is 3.49. The molecular formula is C13H22N4. The summed E-state index contributed by atoms with van der Waals surface area (Å²) in [6, 6.07) is 0. The van der Waals surface area contributed by atoms with Crippen LogP contribution in [0.3, 0.4) is 0 Å². The summed E-state index contributed by atoms with van der Waals surface area (Å²) in [5, 5.41) is 0. The van der Waals surface area contributed by atoms with Gasteiger partial charge in [-0.2, -0.15) is 0 Å². The summed E-state index contributed by atoms with van der Waals surface area (Å²) >= 11 is 0. The predicted molar refractivity (Wildman–Crippen MR) is 70.9 cm³/mol. The third-order valence-electron chi connectivity index (χ3n) is 3.49. The summed E-state index contributed by atoms with van der Waals surface area (Å²) in [7, 11) is 0. The molecule has 0 bridgehead atoms. The fraction of sp³-hybridized carbons (Fsp3) is 0.692. The quantitative estimate of drug-likeness (QED) is 0.873. The first-order valence-electron chi connectivity index (χ1n) is 6.62. The van der Waals surface area contributed by atoms with Gasteiger partial charge in [0.05, 0.1) is 18.1 Å². The number of nitrogen functional groups attached to an aromatic ring is 1. The van der Waals surface area contributed by atoms with Gasteiger partial charge in [-0.15, -0.1) is 0 Å². The molecule has 94 valence electrons. The van der Waals surface area contributed by atoms with Crippen molar-refractivity contribution >= 4 is 11.6 Å². The summed E-state index contributed by atoms with van der Waals surface area (Å²) in [6.45, 7) is 4.42. The minimum absolute atomic E-state index is 0.632. The Labute approximate surface area is 103 Å². The lowest BCUT2D eigenvalue weighted by Gasteiger charge is -2.20. The largest absolute Gasteiger partial charge is 0.396 e. The zero-order chi connectivity index (χ0) is 12.1.